The summed E-state index contributed by atoms with van der Waals surface area (Å²) < 4.78 is 13.9. The van der Waals surface area contributed by atoms with Crippen LogP contribution < -0.4 is 5.73 Å². The highest BCUT2D eigenvalue weighted by Gasteiger charge is 2.13. The molecule has 2 aromatic rings. The van der Waals surface area contributed by atoms with Gasteiger partial charge in [0.25, 0.3) is 0 Å². The molecule has 0 fully saturated rings. The largest absolute Gasteiger partial charge is 0.324 e. The lowest BCUT2D eigenvalue weighted by Gasteiger charge is -2.15. The standard InChI is InChI=1S/C18H21ClFN/c1-12(2)9-13-5-3-6-14(10-13)17(21)11-15-7-4-8-16(19)18(15)20/h3-8,10,12,17H,9,11,21H2,1-2H3. The number of halogens is 2. The fraction of sp³-hybridized carbons (Fsp3) is 0.333. The number of hydrogen-bond donors (Lipinski definition) is 1. The summed E-state index contributed by atoms with van der Waals surface area (Å²) in [6.07, 6.45) is 1.46. The van der Waals surface area contributed by atoms with Crippen molar-refractivity contribution in [2.45, 2.75) is 32.7 Å². The highest BCUT2D eigenvalue weighted by atomic mass is 35.5. The molecule has 1 atom stereocenters. The minimum absolute atomic E-state index is 0.147. The highest BCUT2D eigenvalue weighted by Crippen LogP contribution is 2.23. The summed E-state index contributed by atoms with van der Waals surface area (Å²) in [5.41, 5.74) is 9.10. The molecule has 1 unspecified atom stereocenters. The molecule has 0 aliphatic carbocycles. The van der Waals surface area contributed by atoms with Gasteiger partial charge in [0.1, 0.15) is 5.82 Å². The van der Waals surface area contributed by atoms with Gasteiger partial charge in [-0.3, -0.25) is 0 Å². The summed E-state index contributed by atoms with van der Waals surface area (Å²) in [4.78, 5) is 0. The average Bonchev–Trinajstić information content (AvgIpc) is 2.43. The van der Waals surface area contributed by atoms with Crippen LogP contribution in [0, 0.1) is 11.7 Å². The first kappa shape index (κ1) is 16.0. The minimum Gasteiger partial charge on any atom is -0.324 e. The lowest BCUT2D eigenvalue weighted by atomic mass is 9.95. The second-order valence-electron chi connectivity index (χ2n) is 5.87. The molecule has 0 saturated carbocycles. The molecule has 0 heterocycles. The number of nitrogens with two attached hydrogens (primary N) is 1. The molecular formula is C18H21ClFN. The van der Waals surface area contributed by atoms with E-state index in [0.29, 0.717) is 17.9 Å². The third-order valence-electron chi connectivity index (χ3n) is 3.49. The molecule has 3 heteroatoms. The van der Waals surface area contributed by atoms with Gasteiger partial charge in [-0.15, -0.1) is 0 Å². The lowest BCUT2D eigenvalue weighted by Crippen LogP contribution is -2.14. The van der Waals surface area contributed by atoms with Gasteiger partial charge < -0.3 is 5.73 Å². The lowest BCUT2D eigenvalue weighted by molar-refractivity contribution is 0.593. The summed E-state index contributed by atoms with van der Waals surface area (Å²) in [5, 5.41) is 0.147. The first-order valence-electron chi connectivity index (χ1n) is 7.24. The van der Waals surface area contributed by atoms with E-state index in [1.54, 1.807) is 18.2 Å². The molecule has 2 N–H and O–H groups in total. The van der Waals surface area contributed by atoms with Crippen LogP contribution in [0.2, 0.25) is 5.02 Å². The Kier molecular flexibility index (Phi) is 5.38. The Labute approximate surface area is 130 Å². The maximum absolute atomic E-state index is 13.9. The molecule has 0 radical (unpaired) electrons. The molecule has 2 rings (SSSR count). The number of rotatable bonds is 5. The van der Waals surface area contributed by atoms with Crippen LogP contribution in [0.25, 0.3) is 0 Å². The van der Waals surface area contributed by atoms with Gasteiger partial charge in [0.05, 0.1) is 5.02 Å². The van der Waals surface area contributed by atoms with Gasteiger partial charge in [0.15, 0.2) is 0 Å². The Morgan fingerprint density at radius 2 is 1.81 bits per heavy atom. The molecule has 2 aromatic carbocycles. The maximum Gasteiger partial charge on any atom is 0.145 e. The molecular weight excluding hydrogens is 285 g/mol. The topological polar surface area (TPSA) is 26.0 Å². The summed E-state index contributed by atoms with van der Waals surface area (Å²) in [5.74, 6) is 0.231. The Morgan fingerprint density at radius 1 is 1.10 bits per heavy atom. The average molecular weight is 306 g/mol. The fourth-order valence-electron chi connectivity index (χ4n) is 2.48. The monoisotopic (exact) mass is 305 g/mol. The third kappa shape index (κ3) is 4.29. The van der Waals surface area contributed by atoms with E-state index in [1.807, 2.05) is 12.1 Å². The zero-order chi connectivity index (χ0) is 15.4. The summed E-state index contributed by atoms with van der Waals surface area (Å²) >= 11 is 5.81. The summed E-state index contributed by atoms with van der Waals surface area (Å²) in [6.45, 7) is 4.38. The van der Waals surface area contributed by atoms with Gasteiger partial charge in [0.2, 0.25) is 0 Å². The van der Waals surface area contributed by atoms with Crippen molar-refractivity contribution in [1.82, 2.24) is 0 Å². The van der Waals surface area contributed by atoms with E-state index in [0.717, 1.165) is 12.0 Å². The molecule has 0 aliphatic rings. The Morgan fingerprint density at radius 3 is 2.52 bits per heavy atom. The SMILES string of the molecule is CC(C)Cc1cccc(C(N)Cc2cccc(Cl)c2F)c1. The third-order valence-corrected chi connectivity index (χ3v) is 3.79. The van der Waals surface area contributed by atoms with Crippen molar-refractivity contribution in [2.24, 2.45) is 11.7 Å². The normalized spacial score (nSPS) is 12.7. The maximum atomic E-state index is 13.9. The van der Waals surface area contributed by atoms with Crippen molar-refractivity contribution in [2.75, 3.05) is 0 Å². The van der Waals surface area contributed by atoms with E-state index in [9.17, 15) is 4.39 Å². The smallest absolute Gasteiger partial charge is 0.145 e. The van der Waals surface area contributed by atoms with E-state index < -0.39 is 0 Å². The van der Waals surface area contributed by atoms with Gasteiger partial charge in [0, 0.05) is 6.04 Å². The first-order valence-corrected chi connectivity index (χ1v) is 7.62. The van der Waals surface area contributed by atoms with Crippen LogP contribution in [0.5, 0.6) is 0 Å². The Balaban J connectivity index is 2.16. The molecule has 0 aliphatic heterocycles. The molecule has 112 valence electrons. The van der Waals surface area contributed by atoms with Crippen LogP contribution in [-0.4, -0.2) is 0 Å². The molecule has 0 aromatic heterocycles. The van der Waals surface area contributed by atoms with Crippen LogP contribution in [0.15, 0.2) is 42.5 Å². The van der Waals surface area contributed by atoms with Crippen molar-refractivity contribution < 1.29 is 4.39 Å². The van der Waals surface area contributed by atoms with Crippen molar-refractivity contribution in [3.05, 3.63) is 70.0 Å². The second-order valence-corrected chi connectivity index (χ2v) is 6.27. The van der Waals surface area contributed by atoms with Crippen molar-refractivity contribution in [3.8, 4) is 0 Å². The number of hydrogen-bond acceptors (Lipinski definition) is 1. The van der Waals surface area contributed by atoms with Gasteiger partial charge in [-0.2, -0.15) is 0 Å². The van der Waals surface area contributed by atoms with Gasteiger partial charge in [-0.1, -0.05) is 61.8 Å². The van der Waals surface area contributed by atoms with E-state index in [-0.39, 0.29) is 16.9 Å². The quantitative estimate of drug-likeness (QED) is 0.833. The zero-order valence-electron chi connectivity index (χ0n) is 12.4. The molecule has 21 heavy (non-hydrogen) atoms. The van der Waals surface area contributed by atoms with E-state index in [2.05, 4.69) is 26.0 Å². The second kappa shape index (κ2) is 7.06. The Hall–Kier alpha value is -1.38. The van der Waals surface area contributed by atoms with E-state index in [1.165, 1.54) is 5.56 Å². The van der Waals surface area contributed by atoms with Gasteiger partial charge in [-0.25, -0.2) is 4.39 Å². The van der Waals surface area contributed by atoms with Crippen molar-refractivity contribution >= 4 is 11.6 Å². The molecule has 0 spiro atoms. The highest BCUT2D eigenvalue weighted by molar-refractivity contribution is 6.30. The number of benzene rings is 2. The van der Waals surface area contributed by atoms with Crippen molar-refractivity contribution in [1.29, 1.82) is 0 Å². The van der Waals surface area contributed by atoms with Crippen LogP contribution in [-0.2, 0) is 12.8 Å². The molecule has 0 amide bonds. The molecule has 0 saturated heterocycles. The fourth-order valence-corrected chi connectivity index (χ4v) is 2.68. The predicted molar refractivity (Wildman–Crippen MR) is 87.0 cm³/mol. The summed E-state index contributed by atoms with van der Waals surface area (Å²) in [7, 11) is 0. The van der Waals surface area contributed by atoms with Crippen LogP contribution in [0.4, 0.5) is 4.39 Å². The predicted octanol–water partition coefficient (Wildman–Crippen LogP) is 4.92. The van der Waals surface area contributed by atoms with E-state index >= 15 is 0 Å². The van der Waals surface area contributed by atoms with Crippen LogP contribution in [0.1, 0.15) is 36.6 Å². The van der Waals surface area contributed by atoms with E-state index in [4.69, 9.17) is 17.3 Å². The van der Waals surface area contributed by atoms with Crippen LogP contribution in [0.3, 0.4) is 0 Å². The Bertz CT molecular complexity index is 610. The van der Waals surface area contributed by atoms with Gasteiger partial charge >= 0.3 is 0 Å². The first-order chi connectivity index (χ1) is 9.97. The summed E-state index contributed by atoms with van der Waals surface area (Å²) in [6, 6.07) is 13.0. The molecule has 1 nitrogen and oxygen atoms in total. The molecule has 0 bridgehead atoms. The van der Waals surface area contributed by atoms with Crippen molar-refractivity contribution in [3.63, 3.8) is 0 Å². The van der Waals surface area contributed by atoms with Crippen LogP contribution >= 0.6 is 11.6 Å². The van der Waals surface area contributed by atoms with Gasteiger partial charge in [-0.05, 0) is 41.5 Å². The zero-order valence-corrected chi connectivity index (χ0v) is 13.2. The minimum atomic E-state index is -0.368.